The van der Waals surface area contributed by atoms with Gasteiger partial charge in [0.2, 0.25) is 0 Å². The van der Waals surface area contributed by atoms with E-state index in [2.05, 4.69) is 15.9 Å². The molecule has 0 radical (unpaired) electrons. The van der Waals surface area contributed by atoms with Gasteiger partial charge < -0.3 is 14.4 Å². The van der Waals surface area contributed by atoms with E-state index in [9.17, 15) is 4.79 Å². The summed E-state index contributed by atoms with van der Waals surface area (Å²) in [5.74, 6) is 1.12. The summed E-state index contributed by atoms with van der Waals surface area (Å²) in [5.41, 5.74) is 0.563. The Kier molecular flexibility index (Phi) is 5.47. The minimum Gasteiger partial charge on any atom is -0.493 e. The maximum Gasteiger partial charge on any atom is 0.253 e. The molecule has 1 rings (SSSR count). The average Bonchev–Trinajstić information content (AvgIpc) is 2.35. The summed E-state index contributed by atoms with van der Waals surface area (Å²) >= 11 is 3.41. The zero-order chi connectivity index (χ0) is 13.7. The number of rotatable bonds is 5. The van der Waals surface area contributed by atoms with Crippen LogP contribution in [-0.2, 0) is 0 Å². The molecule has 0 saturated carbocycles. The number of halogens is 1. The molecule has 1 amide bonds. The third kappa shape index (κ3) is 3.38. The van der Waals surface area contributed by atoms with E-state index in [1.807, 2.05) is 6.92 Å². The molecule has 0 bridgehead atoms. The Hall–Kier alpha value is -1.23. The van der Waals surface area contributed by atoms with Crippen LogP contribution in [0.25, 0.3) is 0 Å². The summed E-state index contributed by atoms with van der Waals surface area (Å²) in [6.07, 6.45) is 0.911. The molecular weight excluding hydrogens is 298 g/mol. The monoisotopic (exact) mass is 315 g/mol. The lowest BCUT2D eigenvalue weighted by molar-refractivity contribution is 0.0827. The summed E-state index contributed by atoms with van der Waals surface area (Å²) in [7, 11) is 4.99. The van der Waals surface area contributed by atoms with Gasteiger partial charge in [0.25, 0.3) is 5.91 Å². The minimum atomic E-state index is -0.0731. The molecule has 0 aliphatic carbocycles. The smallest absolute Gasteiger partial charge is 0.253 e. The topological polar surface area (TPSA) is 38.8 Å². The Morgan fingerprint density at radius 3 is 2.56 bits per heavy atom. The second-order valence-electron chi connectivity index (χ2n) is 4.04. The van der Waals surface area contributed by atoms with Crippen LogP contribution in [0.3, 0.4) is 0 Å². The van der Waals surface area contributed by atoms with Gasteiger partial charge in [-0.3, -0.25) is 4.79 Å². The Morgan fingerprint density at radius 2 is 2.06 bits per heavy atom. The molecule has 1 aromatic carbocycles. The molecule has 18 heavy (non-hydrogen) atoms. The SMILES string of the molecule is CCCOc1c(Br)cc(C(=O)N(C)C)cc1OC. The fourth-order valence-corrected chi connectivity index (χ4v) is 2.00. The fourth-order valence-electron chi connectivity index (χ4n) is 1.45. The Bertz CT molecular complexity index is 432. The van der Waals surface area contributed by atoms with Gasteiger partial charge in [-0.05, 0) is 34.5 Å². The number of nitrogens with zero attached hydrogens (tertiary/aromatic N) is 1. The first-order valence-electron chi connectivity index (χ1n) is 5.73. The Balaban J connectivity index is 3.14. The van der Waals surface area contributed by atoms with Crippen molar-refractivity contribution in [2.24, 2.45) is 0 Å². The zero-order valence-electron chi connectivity index (χ0n) is 11.1. The maximum atomic E-state index is 11.9. The van der Waals surface area contributed by atoms with Crippen molar-refractivity contribution in [3.8, 4) is 11.5 Å². The number of carbonyl (C=O) groups is 1. The lowest BCUT2D eigenvalue weighted by Gasteiger charge is -2.15. The third-order valence-corrected chi connectivity index (χ3v) is 2.92. The van der Waals surface area contributed by atoms with Crippen LogP contribution >= 0.6 is 15.9 Å². The molecule has 0 aliphatic heterocycles. The van der Waals surface area contributed by atoms with Crippen molar-refractivity contribution in [1.29, 1.82) is 0 Å². The van der Waals surface area contributed by atoms with Crippen LogP contribution in [0.4, 0.5) is 0 Å². The van der Waals surface area contributed by atoms with Crippen LogP contribution in [0.2, 0.25) is 0 Å². The van der Waals surface area contributed by atoms with Gasteiger partial charge in [0.15, 0.2) is 11.5 Å². The van der Waals surface area contributed by atoms with Crippen LogP contribution in [0.5, 0.6) is 11.5 Å². The van der Waals surface area contributed by atoms with Crippen LogP contribution in [0.1, 0.15) is 23.7 Å². The van der Waals surface area contributed by atoms with E-state index in [0.717, 1.165) is 10.9 Å². The molecule has 5 heteroatoms. The highest BCUT2D eigenvalue weighted by Crippen LogP contribution is 2.36. The summed E-state index contributed by atoms with van der Waals surface area (Å²) in [6.45, 7) is 2.64. The average molecular weight is 316 g/mol. The molecule has 0 aromatic heterocycles. The van der Waals surface area contributed by atoms with Crippen molar-refractivity contribution in [2.75, 3.05) is 27.8 Å². The minimum absolute atomic E-state index is 0.0731. The van der Waals surface area contributed by atoms with E-state index in [0.29, 0.717) is 23.7 Å². The van der Waals surface area contributed by atoms with Gasteiger partial charge in [-0.2, -0.15) is 0 Å². The summed E-state index contributed by atoms with van der Waals surface area (Å²) in [6, 6.07) is 3.44. The van der Waals surface area contributed by atoms with E-state index >= 15 is 0 Å². The first-order chi connectivity index (χ1) is 8.51. The van der Waals surface area contributed by atoms with E-state index in [4.69, 9.17) is 9.47 Å². The number of ether oxygens (including phenoxy) is 2. The van der Waals surface area contributed by atoms with Crippen LogP contribution in [0.15, 0.2) is 16.6 Å². The van der Waals surface area contributed by atoms with Crippen LogP contribution in [-0.4, -0.2) is 38.6 Å². The molecule has 100 valence electrons. The number of methoxy groups -OCH3 is 1. The quantitative estimate of drug-likeness (QED) is 0.838. The van der Waals surface area contributed by atoms with Gasteiger partial charge >= 0.3 is 0 Å². The van der Waals surface area contributed by atoms with Crippen LogP contribution in [0, 0.1) is 0 Å². The summed E-state index contributed by atoms with van der Waals surface area (Å²) in [4.78, 5) is 13.4. The second kappa shape index (κ2) is 6.64. The number of hydrogen-bond acceptors (Lipinski definition) is 3. The Labute approximate surface area is 116 Å². The van der Waals surface area contributed by atoms with Gasteiger partial charge in [0.1, 0.15) is 0 Å². The first kappa shape index (κ1) is 14.8. The van der Waals surface area contributed by atoms with E-state index in [1.165, 1.54) is 4.90 Å². The van der Waals surface area contributed by atoms with Crippen molar-refractivity contribution in [3.05, 3.63) is 22.2 Å². The highest BCUT2D eigenvalue weighted by molar-refractivity contribution is 9.10. The lowest BCUT2D eigenvalue weighted by Crippen LogP contribution is -2.21. The normalized spacial score (nSPS) is 10.1. The van der Waals surface area contributed by atoms with E-state index in [1.54, 1.807) is 33.3 Å². The van der Waals surface area contributed by atoms with Gasteiger partial charge in [-0.25, -0.2) is 0 Å². The zero-order valence-corrected chi connectivity index (χ0v) is 12.7. The molecule has 0 spiro atoms. The largest absolute Gasteiger partial charge is 0.493 e. The van der Waals surface area contributed by atoms with Gasteiger partial charge in [0, 0.05) is 19.7 Å². The van der Waals surface area contributed by atoms with Crippen molar-refractivity contribution in [1.82, 2.24) is 4.90 Å². The molecule has 1 aromatic rings. The highest BCUT2D eigenvalue weighted by atomic mass is 79.9. The Morgan fingerprint density at radius 1 is 1.39 bits per heavy atom. The number of hydrogen-bond donors (Lipinski definition) is 0. The van der Waals surface area contributed by atoms with Crippen molar-refractivity contribution >= 4 is 21.8 Å². The van der Waals surface area contributed by atoms with Crippen molar-refractivity contribution in [3.63, 3.8) is 0 Å². The molecule has 4 nitrogen and oxygen atoms in total. The molecule has 0 saturated heterocycles. The predicted molar refractivity (Wildman–Crippen MR) is 74.5 cm³/mol. The summed E-state index contributed by atoms with van der Waals surface area (Å²) < 4.78 is 11.6. The third-order valence-electron chi connectivity index (χ3n) is 2.33. The molecule has 0 heterocycles. The standard InChI is InChI=1S/C13H18BrNO3/c1-5-6-18-12-10(14)7-9(8-11(12)17-4)13(16)15(2)3/h7-8H,5-6H2,1-4H3. The van der Waals surface area contributed by atoms with Crippen LogP contribution < -0.4 is 9.47 Å². The van der Waals surface area contributed by atoms with Crippen molar-refractivity contribution in [2.45, 2.75) is 13.3 Å². The number of carbonyl (C=O) groups excluding carboxylic acids is 1. The fraction of sp³-hybridized carbons (Fsp3) is 0.462. The lowest BCUT2D eigenvalue weighted by atomic mass is 10.2. The highest BCUT2D eigenvalue weighted by Gasteiger charge is 2.16. The number of amides is 1. The van der Waals surface area contributed by atoms with Gasteiger partial charge in [-0.1, -0.05) is 6.92 Å². The van der Waals surface area contributed by atoms with Gasteiger partial charge in [-0.15, -0.1) is 0 Å². The maximum absolute atomic E-state index is 11.9. The molecule has 0 atom stereocenters. The number of benzene rings is 1. The summed E-state index contributed by atoms with van der Waals surface area (Å²) in [5, 5.41) is 0. The molecule has 0 fully saturated rings. The molecule has 0 unspecified atom stereocenters. The molecule has 0 N–H and O–H groups in total. The second-order valence-corrected chi connectivity index (χ2v) is 4.89. The first-order valence-corrected chi connectivity index (χ1v) is 6.52. The molecule has 0 aliphatic rings. The van der Waals surface area contributed by atoms with E-state index in [-0.39, 0.29) is 5.91 Å². The predicted octanol–water partition coefficient (Wildman–Crippen LogP) is 2.95. The van der Waals surface area contributed by atoms with Gasteiger partial charge in [0.05, 0.1) is 18.2 Å². The molecular formula is C13H18BrNO3. The van der Waals surface area contributed by atoms with Crippen molar-refractivity contribution < 1.29 is 14.3 Å². The van der Waals surface area contributed by atoms with E-state index < -0.39 is 0 Å².